The van der Waals surface area contributed by atoms with Crippen molar-refractivity contribution in [1.29, 1.82) is 0 Å². The van der Waals surface area contributed by atoms with Crippen LogP contribution < -0.4 is 5.32 Å². The number of carbonyl (C=O) groups excluding carboxylic acids is 1. The average Bonchev–Trinajstić information content (AvgIpc) is 2.90. The van der Waals surface area contributed by atoms with E-state index in [9.17, 15) is 14.7 Å². The van der Waals surface area contributed by atoms with Crippen molar-refractivity contribution in [3.8, 4) is 0 Å². The first-order valence-corrected chi connectivity index (χ1v) is 7.39. The smallest absolute Gasteiger partial charge is 0.414 e. The lowest BCUT2D eigenvalue weighted by atomic mass is 10.0. The van der Waals surface area contributed by atoms with Gasteiger partial charge in [-0.2, -0.15) is 0 Å². The standard InChI is InChI=1S/C15H14ClN3O4/c1-8-12-13(18-23-8)11(6-7-17-12)19(15(21)22)14(20)9-4-2-3-5-10(9)16/h2-5,11,17H,6-7H2,1H3,(H,21,22). The molecule has 8 heteroatoms. The first kappa shape index (κ1) is 15.4. The fraction of sp³-hybridized carbons (Fsp3) is 0.267. The molecule has 2 heterocycles. The molecule has 1 unspecified atom stereocenters. The van der Waals surface area contributed by atoms with E-state index in [1.807, 2.05) is 0 Å². The van der Waals surface area contributed by atoms with Crippen molar-refractivity contribution in [2.24, 2.45) is 0 Å². The summed E-state index contributed by atoms with van der Waals surface area (Å²) in [4.78, 5) is 25.2. The topological polar surface area (TPSA) is 95.7 Å². The van der Waals surface area contributed by atoms with Crippen LogP contribution in [-0.4, -0.2) is 33.7 Å². The van der Waals surface area contributed by atoms with E-state index in [0.29, 0.717) is 30.1 Å². The molecule has 1 aliphatic rings. The van der Waals surface area contributed by atoms with Gasteiger partial charge in [0.05, 0.1) is 16.6 Å². The Morgan fingerprint density at radius 2 is 2.17 bits per heavy atom. The third kappa shape index (κ3) is 2.63. The summed E-state index contributed by atoms with van der Waals surface area (Å²) in [6.45, 7) is 2.24. The summed E-state index contributed by atoms with van der Waals surface area (Å²) in [6, 6.07) is 5.63. The van der Waals surface area contributed by atoms with Crippen molar-refractivity contribution < 1.29 is 19.2 Å². The van der Waals surface area contributed by atoms with Gasteiger partial charge in [0.2, 0.25) is 0 Å². The number of benzene rings is 1. The summed E-state index contributed by atoms with van der Waals surface area (Å²) >= 11 is 6.02. The number of carbonyl (C=O) groups is 2. The number of hydrogen-bond acceptors (Lipinski definition) is 5. The number of aromatic nitrogens is 1. The molecule has 0 fully saturated rings. The Morgan fingerprint density at radius 3 is 2.87 bits per heavy atom. The first-order valence-electron chi connectivity index (χ1n) is 7.01. The third-order valence-corrected chi connectivity index (χ3v) is 4.09. The second kappa shape index (κ2) is 5.92. The predicted octanol–water partition coefficient (Wildman–Crippen LogP) is 3.31. The van der Waals surface area contributed by atoms with E-state index in [1.54, 1.807) is 25.1 Å². The fourth-order valence-electron chi connectivity index (χ4n) is 2.68. The molecule has 0 saturated heterocycles. The molecule has 0 saturated carbocycles. The number of anilines is 1. The van der Waals surface area contributed by atoms with E-state index in [-0.39, 0.29) is 10.6 Å². The monoisotopic (exact) mass is 335 g/mol. The molecule has 23 heavy (non-hydrogen) atoms. The molecular weight excluding hydrogens is 322 g/mol. The second-order valence-electron chi connectivity index (χ2n) is 5.17. The minimum atomic E-state index is -1.35. The number of amides is 2. The van der Waals surface area contributed by atoms with E-state index in [4.69, 9.17) is 16.1 Å². The van der Waals surface area contributed by atoms with Gasteiger partial charge in [0.25, 0.3) is 5.91 Å². The Morgan fingerprint density at radius 1 is 1.43 bits per heavy atom. The van der Waals surface area contributed by atoms with E-state index in [2.05, 4.69) is 10.5 Å². The SMILES string of the molecule is Cc1onc2c1NCCC2N(C(=O)O)C(=O)c1ccccc1Cl. The molecule has 1 aromatic heterocycles. The molecule has 0 spiro atoms. The van der Waals surface area contributed by atoms with Crippen molar-refractivity contribution in [3.05, 3.63) is 46.3 Å². The lowest BCUT2D eigenvalue weighted by Crippen LogP contribution is -2.41. The van der Waals surface area contributed by atoms with E-state index in [1.165, 1.54) is 6.07 Å². The zero-order chi connectivity index (χ0) is 16.6. The number of fused-ring (bicyclic) bond motifs is 1. The van der Waals surface area contributed by atoms with Gasteiger partial charge < -0.3 is 14.9 Å². The molecule has 0 bridgehead atoms. The summed E-state index contributed by atoms with van der Waals surface area (Å²) in [5.74, 6) is -0.123. The van der Waals surface area contributed by atoms with Gasteiger partial charge in [-0.3, -0.25) is 4.79 Å². The van der Waals surface area contributed by atoms with Crippen LogP contribution in [0.25, 0.3) is 0 Å². The minimum Gasteiger partial charge on any atom is -0.465 e. The van der Waals surface area contributed by atoms with Crippen LogP contribution in [-0.2, 0) is 0 Å². The van der Waals surface area contributed by atoms with Crippen molar-refractivity contribution in [2.45, 2.75) is 19.4 Å². The Kier molecular flexibility index (Phi) is 3.96. The molecule has 120 valence electrons. The fourth-order valence-corrected chi connectivity index (χ4v) is 2.90. The zero-order valence-corrected chi connectivity index (χ0v) is 13.0. The highest BCUT2D eigenvalue weighted by Gasteiger charge is 2.38. The maximum absolute atomic E-state index is 12.7. The molecule has 7 nitrogen and oxygen atoms in total. The summed E-state index contributed by atoms with van der Waals surface area (Å²) < 4.78 is 5.12. The van der Waals surface area contributed by atoms with Gasteiger partial charge in [0.15, 0.2) is 5.76 Å². The van der Waals surface area contributed by atoms with Gasteiger partial charge in [-0.25, -0.2) is 9.69 Å². The van der Waals surface area contributed by atoms with Crippen LogP contribution in [0.1, 0.15) is 34.3 Å². The van der Waals surface area contributed by atoms with Crippen LogP contribution in [0.4, 0.5) is 10.5 Å². The Labute approximate surface area is 136 Å². The van der Waals surface area contributed by atoms with Crippen LogP contribution in [0.15, 0.2) is 28.8 Å². The molecule has 0 radical (unpaired) electrons. The van der Waals surface area contributed by atoms with Gasteiger partial charge in [0.1, 0.15) is 11.4 Å². The Hall–Kier alpha value is -2.54. The molecule has 2 aromatic rings. The van der Waals surface area contributed by atoms with Crippen molar-refractivity contribution in [2.75, 3.05) is 11.9 Å². The number of imide groups is 1. The number of aryl methyl sites for hydroxylation is 1. The largest absolute Gasteiger partial charge is 0.465 e. The average molecular weight is 336 g/mol. The van der Waals surface area contributed by atoms with Crippen LogP contribution in [0.3, 0.4) is 0 Å². The number of carboxylic acid groups (broad SMARTS) is 1. The lowest BCUT2D eigenvalue weighted by molar-refractivity contribution is 0.0649. The Balaban J connectivity index is 2.02. The molecule has 2 amide bonds. The zero-order valence-electron chi connectivity index (χ0n) is 12.2. The van der Waals surface area contributed by atoms with Crippen LogP contribution >= 0.6 is 11.6 Å². The number of rotatable bonds is 2. The van der Waals surface area contributed by atoms with Gasteiger partial charge in [-0.1, -0.05) is 28.9 Å². The van der Waals surface area contributed by atoms with E-state index >= 15 is 0 Å². The van der Waals surface area contributed by atoms with Crippen LogP contribution in [0, 0.1) is 6.92 Å². The summed E-state index contributed by atoms with van der Waals surface area (Å²) in [5, 5.41) is 16.8. The molecule has 1 aromatic carbocycles. The molecule has 0 aliphatic carbocycles. The van der Waals surface area contributed by atoms with E-state index < -0.39 is 18.0 Å². The quantitative estimate of drug-likeness (QED) is 0.874. The molecule has 1 aliphatic heterocycles. The van der Waals surface area contributed by atoms with Gasteiger partial charge in [-0.15, -0.1) is 0 Å². The van der Waals surface area contributed by atoms with Gasteiger partial charge in [-0.05, 0) is 25.5 Å². The van der Waals surface area contributed by atoms with Crippen LogP contribution in [0.5, 0.6) is 0 Å². The van der Waals surface area contributed by atoms with Crippen LogP contribution in [0.2, 0.25) is 5.02 Å². The van der Waals surface area contributed by atoms with Crippen molar-refractivity contribution in [3.63, 3.8) is 0 Å². The molecule has 3 rings (SSSR count). The number of nitrogens with one attached hydrogen (secondary N) is 1. The summed E-state index contributed by atoms with van der Waals surface area (Å²) in [6.07, 6.45) is -0.949. The highest BCUT2D eigenvalue weighted by Crippen LogP contribution is 2.36. The normalized spacial score (nSPS) is 16.3. The Bertz CT molecular complexity index is 774. The maximum Gasteiger partial charge on any atom is 0.414 e. The number of hydrogen-bond donors (Lipinski definition) is 2. The second-order valence-corrected chi connectivity index (χ2v) is 5.58. The molecule has 2 N–H and O–H groups in total. The maximum atomic E-state index is 12.7. The predicted molar refractivity (Wildman–Crippen MR) is 82.7 cm³/mol. The highest BCUT2D eigenvalue weighted by molar-refractivity contribution is 6.34. The van der Waals surface area contributed by atoms with Gasteiger partial charge >= 0.3 is 6.09 Å². The van der Waals surface area contributed by atoms with Crippen molar-refractivity contribution >= 4 is 29.3 Å². The van der Waals surface area contributed by atoms with Gasteiger partial charge in [0, 0.05) is 6.54 Å². The third-order valence-electron chi connectivity index (χ3n) is 3.77. The summed E-state index contributed by atoms with van der Waals surface area (Å²) in [7, 11) is 0. The first-order chi connectivity index (χ1) is 11.0. The highest BCUT2D eigenvalue weighted by atomic mass is 35.5. The minimum absolute atomic E-state index is 0.136. The number of nitrogens with zero attached hydrogens (tertiary/aromatic N) is 2. The molecular formula is C15H14ClN3O4. The lowest BCUT2D eigenvalue weighted by Gasteiger charge is -2.30. The van der Waals surface area contributed by atoms with Crippen molar-refractivity contribution in [1.82, 2.24) is 10.1 Å². The molecule has 1 atom stereocenters. The number of halogens is 1. The summed E-state index contributed by atoms with van der Waals surface area (Å²) in [5.41, 5.74) is 1.19. The van der Waals surface area contributed by atoms with E-state index in [0.717, 1.165) is 4.90 Å².